The first-order valence-electron chi connectivity index (χ1n) is 9.75. The van der Waals surface area contributed by atoms with Crippen molar-refractivity contribution in [3.05, 3.63) is 84.4 Å². The fourth-order valence-corrected chi connectivity index (χ4v) is 4.50. The van der Waals surface area contributed by atoms with E-state index in [1.165, 1.54) is 11.8 Å². The van der Waals surface area contributed by atoms with Crippen LogP contribution in [0.4, 0.5) is 5.69 Å². The first-order chi connectivity index (χ1) is 14.4. The van der Waals surface area contributed by atoms with Crippen LogP contribution in [-0.2, 0) is 10.0 Å². The molecule has 0 radical (unpaired) electrons. The third-order valence-corrected chi connectivity index (χ3v) is 6.29. The third kappa shape index (κ3) is 4.22. The quantitative estimate of drug-likeness (QED) is 0.702. The number of amides is 1. The highest BCUT2D eigenvalue weighted by molar-refractivity contribution is 7.89. The number of primary sulfonamides is 1. The van der Waals surface area contributed by atoms with Gasteiger partial charge in [-0.1, -0.05) is 48.5 Å². The van der Waals surface area contributed by atoms with Gasteiger partial charge in [-0.15, -0.1) is 0 Å². The van der Waals surface area contributed by atoms with Crippen LogP contribution < -0.4 is 10.0 Å². The van der Waals surface area contributed by atoms with Crippen LogP contribution >= 0.6 is 0 Å². The maximum atomic E-state index is 12.9. The van der Waals surface area contributed by atoms with E-state index in [0.717, 1.165) is 13.1 Å². The highest BCUT2D eigenvalue weighted by Gasteiger charge is 2.22. The number of rotatable bonds is 4. The van der Waals surface area contributed by atoms with Crippen LogP contribution in [0.3, 0.4) is 0 Å². The van der Waals surface area contributed by atoms with Gasteiger partial charge in [-0.25, -0.2) is 13.6 Å². The normalized spacial score (nSPS) is 14.6. The predicted octanol–water partition coefficient (Wildman–Crippen LogP) is 2.96. The minimum absolute atomic E-state index is 0.0195. The average molecular weight is 422 g/mol. The Labute approximate surface area is 176 Å². The molecule has 1 heterocycles. The molecule has 0 aliphatic carbocycles. The molecule has 0 unspecified atom stereocenters. The summed E-state index contributed by atoms with van der Waals surface area (Å²) in [5, 5.41) is 5.33. The maximum Gasteiger partial charge on any atom is 0.253 e. The molecule has 30 heavy (non-hydrogen) atoms. The molecule has 1 saturated heterocycles. The number of hydrogen-bond donors (Lipinski definition) is 1. The van der Waals surface area contributed by atoms with Crippen molar-refractivity contribution in [2.75, 3.05) is 31.1 Å². The van der Waals surface area contributed by atoms with Crippen LogP contribution in [0, 0.1) is 0 Å². The van der Waals surface area contributed by atoms with E-state index in [9.17, 15) is 13.2 Å². The zero-order chi connectivity index (χ0) is 21.1. The molecule has 7 heteroatoms. The van der Waals surface area contributed by atoms with E-state index in [0.29, 0.717) is 29.8 Å². The van der Waals surface area contributed by atoms with Crippen molar-refractivity contribution in [2.24, 2.45) is 5.14 Å². The van der Waals surface area contributed by atoms with E-state index >= 15 is 0 Å². The smallest absolute Gasteiger partial charge is 0.253 e. The monoisotopic (exact) mass is 421 g/mol. The number of piperazine rings is 1. The minimum atomic E-state index is -3.83. The van der Waals surface area contributed by atoms with Crippen LogP contribution in [0.15, 0.2) is 83.8 Å². The summed E-state index contributed by atoms with van der Waals surface area (Å²) in [7, 11) is -3.83. The van der Waals surface area contributed by atoms with E-state index in [1.807, 2.05) is 23.1 Å². The Bertz CT molecular complexity index is 1140. The van der Waals surface area contributed by atoms with Crippen molar-refractivity contribution < 1.29 is 13.2 Å². The van der Waals surface area contributed by atoms with E-state index in [-0.39, 0.29) is 10.8 Å². The van der Waals surface area contributed by atoms with Gasteiger partial charge in [0.05, 0.1) is 4.90 Å². The molecular formula is C23H23N3O3S. The number of benzene rings is 3. The Hall–Kier alpha value is -3.16. The SMILES string of the molecule is NS(=O)(=O)c1ccccc1-c1ccc(C(=O)N2CCN(c3ccccc3)CC2)cc1. The Kier molecular flexibility index (Phi) is 5.57. The van der Waals surface area contributed by atoms with Crippen LogP contribution in [-0.4, -0.2) is 45.4 Å². The molecule has 1 aliphatic rings. The lowest BCUT2D eigenvalue weighted by molar-refractivity contribution is 0.0747. The fraction of sp³-hybridized carbons (Fsp3) is 0.174. The summed E-state index contributed by atoms with van der Waals surface area (Å²) in [4.78, 5) is 17.1. The van der Waals surface area contributed by atoms with E-state index < -0.39 is 10.0 Å². The largest absolute Gasteiger partial charge is 0.368 e. The van der Waals surface area contributed by atoms with Gasteiger partial charge in [-0.3, -0.25) is 4.79 Å². The second kappa shape index (κ2) is 8.30. The van der Waals surface area contributed by atoms with Gasteiger partial charge in [0.2, 0.25) is 10.0 Å². The molecule has 0 aromatic heterocycles. The Balaban J connectivity index is 1.47. The molecule has 1 aliphatic heterocycles. The molecule has 154 valence electrons. The van der Waals surface area contributed by atoms with Crippen molar-refractivity contribution in [3.63, 3.8) is 0 Å². The van der Waals surface area contributed by atoms with Crippen molar-refractivity contribution in [1.82, 2.24) is 4.90 Å². The van der Waals surface area contributed by atoms with Gasteiger partial charge in [0.15, 0.2) is 0 Å². The summed E-state index contributed by atoms with van der Waals surface area (Å²) in [6.07, 6.45) is 0. The van der Waals surface area contributed by atoms with Gasteiger partial charge < -0.3 is 9.80 Å². The number of nitrogens with two attached hydrogens (primary N) is 1. The number of hydrogen-bond acceptors (Lipinski definition) is 4. The van der Waals surface area contributed by atoms with Gasteiger partial charge >= 0.3 is 0 Å². The molecule has 0 spiro atoms. The zero-order valence-electron chi connectivity index (χ0n) is 16.4. The van der Waals surface area contributed by atoms with Gasteiger partial charge in [0.1, 0.15) is 0 Å². The summed E-state index contributed by atoms with van der Waals surface area (Å²) < 4.78 is 23.7. The van der Waals surface area contributed by atoms with E-state index in [2.05, 4.69) is 17.0 Å². The number of sulfonamides is 1. The van der Waals surface area contributed by atoms with Crippen LogP contribution in [0.25, 0.3) is 11.1 Å². The predicted molar refractivity (Wildman–Crippen MR) is 118 cm³/mol. The van der Waals surface area contributed by atoms with Gasteiger partial charge in [0.25, 0.3) is 5.91 Å². The Morgan fingerprint density at radius 2 is 1.37 bits per heavy atom. The first-order valence-corrected chi connectivity index (χ1v) is 11.3. The minimum Gasteiger partial charge on any atom is -0.368 e. The van der Waals surface area contributed by atoms with Gasteiger partial charge in [0, 0.05) is 43.0 Å². The topological polar surface area (TPSA) is 83.7 Å². The number of nitrogens with zero attached hydrogens (tertiary/aromatic N) is 2. The molecule has 3 aromatic rings. The molecule has 2 N–H and O–H groups in total. The molecule has 6 nitrogen and oxygen atoms in total. The number of carbonyl (C=O) groups is 1. The summed E-state index contributed by atoms with van der Waals surface area (Å²) in [6, 6.07) is 23.8. The summed E-state index contributed by atoms with van der Waals surface area (Å²) in [5.41, 5.74) is 2.98. The summed E-state index contributed by atoms with van der Waals surface area (Å²) in [5.74, 6) is -0.0195. The van der Waals surface area contributed by atoms with Crippen LogP contribution in [0.1, 0.15) is 10.4 Å². The Morgan fingerprint density at radius 3 is 2.00 bits per heavy atom. The second-order valence-electron chi connectivity index (χ2n) is 7.23. The summed E-state index contributed by atoms with van der Waals surface area (Å²) in [6.45, 7) is 2.89. The summed E-state index contributed by atoms with van der Waals surface area (Å²) >= 11 is 0. The molecule has 0 saturated carbocycles. The lowest BCUT2D eigenvalue weighted by Gasteiger charge is -2.36. The highest BCUT2D eigenvalue weighted by atomic mass is 32.2. The molecule has 1 fully saturated rings. The van der Waals surface area contributed by atoms with Crippen molar-refractivity contribution in [3.8, 4) is 11.1 Å². The standard InChI is InChI=1S/C23H23N3O3S/c24-30(28,29)22-9-5-4-8-21(22)18-10-12-19(13-11-18)23(27)26-16-14-25(15-17-26)20-6-2-1-3-7-20/h1-13H,14-17H2,(H2,24,28,29). The molecular weight excluding hydrogens is 398 g/mol. The van der Waals surface area contributed by atoms with Gasteiger partial charge in [-0.05, 0) is 35.9 Å². The van der Waals surface area contributed by atoms with Crippen molar-refractivity contribution >= 4 is 21.6 Å². The van der Waals surface area contributed by atoms with Gasteiger partial charge in [-0.2, -0.15) is 0 Å². The lowest BCUT2D eigenvalue weighted by Crippen LogP contribution is -2.48. The van der Waals surface area contributed by atoms with E-state index in [4.69, 9.17) is 5.14 Å². The van der Waals surface area contributed by atoms with E-state index in [1.54, 1.807) is 42.5 Å². The van der Waals surface area contributed by atoms with Crippen LogP contribution in [0.2, 0.25) is 0 Å². The molecule has 1 amide bonds. The van der Waals surface area contributed by atoms with Crippen molar-refractivity contribution in [1.29, 1.82) is 0 Å². The third-order valence-electron chi connectivity index (χ3n) is 5.32. The molecule has 4 rings (SSSR count). The molecule has 3 aromatic carbocycles. The lowest BCUT2D eigenvalue weighted by atomic mass is 10.0. The number of carbonyl (C=O) groups excluding carboxylic acids is 1. The second-order valence-corrected chi connectivity index (χ2v) is 8.76. The fourth-order valence-electron chi connectivity index (χ4n) is 3.73. The molecule has 0 bridgehead atoms. The maximum absolute atomic E-state index is 12.9. The highest BCUT2D eigenvalue weighted by Crippen LogP contribution is 2.27. The Morgan fingerprint density at radius 1 is 0.767 bits per heavy atom. The molecule has 0 atom stereocenters. The van der Waals surface area contributed by atoms with Crippen molar-refractivity contribution in [2.45, 2.75) is 4.90 Å². The van der Waals surface area contributed by atoms with Crippen LogP contribution in [0.5, 0.6) is 0 Å². The average Bonchev–Trinajstić information content (AvgIpc) is 2.79. The number of para-hydroxylation sites is 1. The number of anilines is 1. The zero-order valence-corrected chi connectivity index (χ0v) is 17.3. The first kappa shape index (κ1) is 20.1.